The summed E-state index contributed by atoms with van der Waals surface area (Å²) < 4.78 is 30.5. The summed E-state index contributed by atoms with van der Waals surface area (Å²) in [5.74, 6) is -0.239. The van der Waals surface area contributed by atoms with Gasteiger partial charge in [-0.15, -0.1) is 0 Å². The van der Waals surface area contributed by atoms with Crippen molar-refractivity contribution in [3.63, 3.8) is 0 Å². The number of aromatic nitrogens is 2. The van der Waals surface area contributed by atoms with Gasteiger partial charge in [0.15, 0.2) is 5.82 Å². The molecule has 2 heterocycles. The lowest BCUT2D eigenvalue weighted by Crippen LogP contribution is -2.25. The molecule has 1 aliphatic rings. The van der Waals surface area contributed by atoms with Gasteiger partial charge >= 0.3 is 0 Å². The van der Waals surface area contributed by atoms with Gasteiger partial charge in [0.1, 0.15) is 17.3 Å². The maximum atomic E-state index is 14.5. The SMILES string of the molecule is Cc1ccc(F)c(-n2c(C(C)C)nc3c2CCNC3)c1F. The van der Waals surface area contributed by atoms with E-state index in [2.05, 4.69) is 10.3 Å². The fraction of sp³-hybridized carbons (Fsp3) is 0.438. The number of halogens is 2. The van der Waals surface area contributed by atoms with E-state index < -0.39 is 11.6 Å². The van der Waals surface area contributed by atoms with Gasteiger partial charge in [0.25, 0.3) is 0 Å². The molecule has 0 amide bonds. The molecule has 0 fully saturated rings. The first kappa shape index (κ1) is 14.2. The normalized spacial score (nSPS) is 14.6. The Morgan fingerprint density at radius 3 is 2.76 bits per heavy atom. The van der Waals surface area contributed by atoms with Gasteiger partial charge < -0.3 is 5.32 Å². The van der Waals surface area contributed by atoms with Gasteiger partial charge in [-0.05, 0) is 18.6 Å². The van der Waals surface area contributed by atoms with Crippen LogP contribution in [0.3, 0.4) is 0 Å². The van der Waals surface area contributed by atoms with E-state index in [1.54, 1.807) is 11.5 Å². The lowest BCUT2D eigenvalue weighted by molar-refractivity contribution is 0.549. The molecule has 2 aromatic rings. The Balaban J connectivity index is 2.32. The molecular weight excluding hydrogens is 272 g/mol. The molecule has 21 heavy (non-hydrogen) atoms. The van der Waals surface area contributed by atoms with Gasteiger partial charge in [0.05, 0.1) is 5.69 Å². The molecule has 1 aromatic heterocycles. The van der Waals surface area contributed by atoms with Crippen LogP contribution < -0.4 is 5.32 Å². The van der Waals surface area contributed by atoms with Crippen molar-refractivity contribution >= 4 is 0 Å². The molecule has 0 saturated carbocycles. The molecule has 3 nitrogen and oxygen atoms in total. The molecular formula is C16H19F2N3. The van der Waals surface area contributed by atoms with Crippen molar-refractivity contribution in [2.45, 2.75) is 39.7 Å². The lowest BCUT2D eigenvalue weighted by Gasteiger charge is -2.18. The zero-order chi connectivity index (χ0) is 15.1. The summed E-state index contributed by atoms with van der Waals surface area (Å²) in [5, 5.41) is 3.25. The molecule has 0 unspecified atom stereocenters. The summed E-state index contributed by atoms with van der Waals surface area (Å²) in [6, 6.07) is 2.79. The van der Waals surface area contributed by atoms with Crippen molar-refractivity contribution in [1.29, 1.82) is 0 Å². The number of nitrogens with zero attached hydrogens (tertiary/aromatic N) is 2. The average Bonchev–Trinajstić information content (AvgIpc) is 2.83. The topological polar surface area (TPSA) is 29.9 Å². The van der Waals surface area contributed by atoms with E-state index in [1.165, 1.54) is 12.1 Å². The van der Waals surface area contributed by atoms with Crippen molar-refractivity contribution in [2.24, 2.45) is 0 Å². The van der Waals surface area contributed by atoms with E-state index in [-0.39, 0.29) is 11.6 Å². The largest absolute Gasteiger partial charge is 0.311 e. The van der Waals surface area contributed by atoms with E-state index in [1.807, 2.05) is 13.8 Å². The molecule has 1 N–H and O–H groups in total. The van der Waals surface area contributed by atoms with Crippen LogP contribution in [0, 0.1) is 18.6 Å². The molecule has 0 radical (unpaired) electrons. The van der Waals surface area contributed by atoms with Gasteiger partial charge in [-0.25, -0.2) is 13.8 Å². The zero-order valence-electron chi connectivity index (χ0n) is 12.5. The van der Waals surface area contributed by atoms with Gasteiger partial charge in [-0.3, -0.25) is 4.57 Å². The van der Waals surface area contributed by atoms with Gasteiger partial charge in [-0.1, -0.05) is 19.9 Å². The smallest absolute Gasteiger partial charge is 0.153 e. The van der Waals surface area contributed by atoms with Crippen LogP contribution in [0.25, 0.3) is 5.69 Å². The third-order valence-electron chi connectivity index (χ3n) is 3.91. The molecule has 0 saturated heterocycles. The number of hydrogen-bond acceptors (Lipinski definition) is 2. The molecule has 0 bridgehead atoms. The second-order valence-corrected chi connectivity index (χ2v) is 5.81. The Kier molecular flexibility index (Phi) is 3.53. The van der Waals surface area contributed by atoms with Crippen LogP contribution in [0.2, 0.25) is 0 Å². The third kappa shape index (κ3) is 2.25. The highest BCUT2D eigenvalue weighted by atomic mass is 19.1. The number of fused-ring (bicyclic) bond motifs is 1. The number of imidazole rings is 1. The molecule has 1 aliphatic heterocycles. The molecule has 0 spiro atoms. The number of nitrogens with one attached hydrogen (secondary N) is 1. The summed E-state index contributed by atoms with van der Waals surface area (Å²) in [6.45, 7) is 7.08. The Morgan fingerprint density at radius 1 is 1.29 bits per heavy atom. The van der Waals surface area contributed by atoms with Crippen LogP contribution in [0.15, 0.2) is 12.1 Å². The van der Waals surface area contributed by atoms with Crippen molar-refractivity contribution < 1.29 is 8.78 Å². The van der Waals surface area contributed by atoms with Crippen LogP contribution >= 0.6 is 0 Å². The summed E-state index contributed by atoms with van der Waals surface area (Å²) in [4.78, 5) is 4.61. The maximum Gasteiger partial charge on any atom is 0.153 e. The fourth-order valence-electron chi connectivity index (χ4n) is 2.82. The predicted octanol–water partition coefficient (Wildman–Crippen LogP) is 3.23. The molecule has 3 rings (SSSR count). The lowest BCUT2D eigenvalue weighted by atomic mass is 10.1. The molecule has 1 aromatic carbocycles. The van der Waals surface area contributed by atoms with Crippen molar-refractivity contribution in [3.8, 4) is 5.69 Å². The Bertz CT molecular complexity index is 689. The second-order valence-electron chi connectivity index (χ2n) is 5.81. The number of hydrogen-bond donors (Lipinski definition) is 1. The van der Waals surface area contributed by atoms with Crippen molar-refractivity contribution in [2.75, 3.05) is 6.54 Å². The molecule has 5 heteroatoms. The highest BCUT2D eigenvalue weighted by molar-refractivity contribution is 5.44. The van der Waals surface area contributed by atoms with Crippen LogP contribution in [0.5, 0.6) is 0 Å². The van der Waals surface area contributed by atoms with Crippen LogP contribution in [-0.2, 0) is 13.0 Å². The zero-order valence-corrected chi connectivity index (χ0v) is 12.5. The Hall–Kier alpha value is -1.75. The van der Waals surface area contributed by atoms with Crippen molar-refractivity contribution in [3.05, 3.63) is 46.5 Å². The van der Waals surface area contributed by atoms with E-state index in [0.29, 0.717) is 17.9 Å². The first-order valence-corrected chi connectivity index (χ1v) is 7.26. The minimum Gasteiger partial charge on any atom is -0.311 e. The number of benzene rings is 1. The average molecular weight is 291 g/mol. The fourth-order valence-corrected chi connectivity index (χ4v) is 2.82. The monoisotopic (exact) mass is 291 g/mol. The first-order valence-electron chi connectivity index (χ1n) is 7.26. The van der Waals surface area contributed by atoms with Crippen LogP contribution in [-0.4, -0.2) is 16.1 Å². The van der Waals surface area contributed by atoms with Gasteiger partial charge in [-0.2, -0.15) is 0 Å². The summed E-state index contributed by atoms with van der Waals surface area (Å²) in [6.07, 6.45) is 0.724. The van der Waals surface area contributed by atoms with Crippen LogP contribution in [0.1, 0.15) is 42.5 Å². The Morgan fingerprint density at radius 2 is 2.05 bits per heavy atom. The van der Waals surface area contributed by atoms with E-state index in [4.69, 9.17) is 0 Å². The van der Waals surface area contributed by atoms with Crippen LogP contribution in [0.4, 0.5) is 8.78 Å². The highest BCUT2D eigenvalue weighted by Crippen LogP contribution is 2.30. The summed E-state index contributed by atoms with van der Waals surface area (Å²) in [5.41, 5.74) is 2.26. The number of aryl methyl sites for hydroxylation is 1. The molecule has 0 aliphatic carbocycles. The predicted molar refractivity (Wildman–Crippen MR) is 77.7 cm³/mol. The third-order valence-corrected chi connectivity index (χ3v) is 3.91. The minimum atomic E-state index is -0.543. The molecule has 112 valence electrons. The molecule has 0 atom stereocenters. The van der Waals surface area contributed by atoms with Gasteiger partial charge in [0, 0.05) is 31.1 Å². The minimum absolute atomic E-state index is 0.00866. The quantitative estimate of drug-likeness (QED) is 0.920. The van der Waals surface area contributed by atoms with E-state index in [0.717, 1.165) is 24.4 Å². The number of rotatable bonds is 2. The highest BCUT2D eigenvalue weighted by Gasteiger charge is 2.26. The van der Waals surface area contributed by atoms with Crippen molar-refractivity contribution in [1.82, 2.24) is 14.9 Å². The Labute approximate surface area is 123 Å². The second kappa shape index (κ2) is 5.22. The van der Waals surface area contributed by atoms with E-state index in [9.17, 15) is 8.78 Å². The summed E-state index contributed by atoms with van der Waals surface area (Å²) >= 11 is 0. The van der Waals surface area contributed by atoms with E-state index >= 15 is 0 Å². The summed E-state index contributed by atoms with van der Waals surface area (Å²) in [7, 11) is 0. The standard InChI is InChI=1S/C16H19F2N3/c1-9(2)16-20-12-8-19-7-6-13(12)21(16)15-11(17)5-4-10(3)14(15)18/h4-5,9,19H,6-8H2,1-3H3. The maximum absolute atomic E-state index is 14.5. The van der Waals surface area contributed by atoms with Gasteiger partial charge in [0.2, 0.25) is 0 Å². The first-order chi connectivity index (χ1) is 10.0.